The average molecular weight is 486 g/mol. The number of ketones is 1. The van der Waals surface area contributed by atoms with Crippen LogP contribution in [-0.2, 0) is 16.1 Å². The smallest absolute Gasteiger partial charge is 0.295 e. The molecule has 4 rings (SSSR count). The van der Waals surface area contributed by atoms with Crippen molar-refractivity contribution in [3.8, 4) is 11.5 Å². The first-order chi connectivity index (χ1) is 17.3. The predicted octanol–water partition coefficient (Wildman–Crippen LogP) is 5.76. The minimum absolute atomic E-state index is 0.0806. The van der Waals surface area contributed by atoms with Gasteiger partial charge in [-0.15, -0.1) is 0 Å². The first-order valence-corrected chi connectivity index (χ1v) is 11.9. The van der Waals surface area contributed by atoms with Gasteiger partial charge in [-0.05, 0) is 59.4 Å². The Hall–Kier alpha value is -4.06. The standard InChI is InChI=1S/C30H31NO5/c1-18(2)23-16-24(19(3)14-25(23)36-5)28(32)26-27(21-11-7-6-8-12-21)31(30(34)29(26)33)17-20-10-9-13-22(15-20)35-4/h6-16,18,27,32H,17H2,1-5H3/b28-26+. The van der Waals surface area contributed by atoms with Gasteiger partial charge in [-0.3, -0.25) is 9.59 Å². The van der Waals surface area contributed by atoms with Crippen molar-refractivity contribution in [2.75, 3.05) is 14.2 Å². The molecule has 1 N–H and O–H groups in total. The minimum Gasteiger partial charge on any atom is -0.507 e. The third-order valence-corrected chi connectivity index (χ3v) is 6.60. The Bertz CT molecular complexity index is 1330. The number of aliphatic hydroxyl groups excluding tert-OH is 1. The highest BCUT2D eigenvalue weighted by Crippen LogP contribution is 2.42. The number of methoxy groups -OCH3 is 2. The minimum atomic E-state index is -0.735. The van der Waals surface area contributed by atoms with Crippen LogP contribution in [0.1, 0.15) is 53.6 Å². The fourth-order valence-electron chi connectivity index (χ4n) is 4.72. The molecular weight excluding hydrogens is 454 g/mol. The predicted molar refractivity (Wildman–Crippen MR) is 139 cm³/mol. The van der Waals surface area contributed by atoms with E-state index >= 15 is 0 Å². The second kappa shape index (κ2) is 10.3. The zero-order chi connectivity index (χ0) is 26.0. The van der Waals surface area contributed by atoms with Crippen LogP contribution in [-0.4, -0.2) is 35.9 Å². The van der Waals surface area contributed by atoms with Gasteiger partial charge in [0.25, 0.3) is 11.7 Å². The summed E-state index contributed by atoms with van der Waals surface area (Å²) in [4.78, 5) is 28.3. The largest absolute Gasteiger partial charge is 0.507 e. The van der Waals surface area contributed by atoms with Gasteiger partial charge in [-0.2, -0.15) is 0 Å². The van der Waals surface area contributed by atoms with Crippen LogP contribution in [0.4, 0.5) is 0 Å². The average Bonchev–Trinajstić information content (AvgIpc) is 3.13. The molecule has 0 bridgehead atoms. The van der Waals surface area contributed by atoms with Crippen molar-refractivity contribution >= 4 is 17.4 Å². The lowest BCUT2D eigenvalue weighted by Crippen LogP contribution is -2.29. The highest BCUT2D eigenvalue weighted by molar-refractivity contribution is 6.46. The number of hydrogen-bond acceptors (Lipinski definition) is 5. The second-order valence-corrected chi connectivity index (χ2v) is 9.25. The van der Waals surface area contributed by atoms with Gasteiger partial charge in [-0.1, -0.05) is 56.3 Å². The maximum atomic E-state index is 13.4. The second-order valence-electron chi connectivity index (χ2n) is 9.25. The van der Waals surface area contributed by atoms with Crippen molar-refractivity contribution in [1.29, 1.82) is 0 Å². The fraction of sp³-hybridized carbons (Fsp3) is 0.267. The van der Waals surface area contributed by atoms with Crippen LogP contribution in [0.25, 0.3) is 5.76 Å². The monoisotopic (exact) mass is 485 g/mol. The summed E-state index contributed by atoms with van der Waals surface area (Å²) in [6.07, 6.45) is 0. The molecule has 6 nitrogen and oxygen atoms in total. The Morgan fingerprint density at radius 1 is 0.972 bits per heavy atom. The number of rotatable bonds is 7. The molecular formula is C30H31NO5. The van der Waals surface area contributed by atoms with Gasteiger partial charge < -0.3 is 19.5 Å². The van der Waals surface area contributed by atoms with Gasteiger partial charge >= 0.3 is 0 Å². The Labute approximate surface area is 211 Å². The lowest BCUT2D eigenvalue weighted by atomic mass is 9.91. The summed E-state index contributed by atoms with van der Waals surface area (Å²) in [7, 11) is 3.19. The van der Waals surface area contributed by atoms with E-state index in [0.717, 1.165) is 28.0 Å². The first kappa shape index (κ1) is 25.0. The van der Waals surface area contributed by atoms with E-state index in [2.05, 4.69) is 0 Å². The van der Waals surface area contributed by atoms with E-state index in [1.165, 1.54) is 4.90 Å². The maximum absolute atomic E-state index is 13.4. The SMILES string of the molecule is COc1cccc(CN2C(=O)C(=O)/C(=C(/O)c3cc(C(C)C)c(OC)cc3C)C2c2ccccc2)c1. The molecule has 3 aromatic carbocycles. The number of carbonyl (C=O) groups is 2. The summed E-state index contributed by atoms with van der Waals surface area (Å²) < 4.78 is 10.9. The molecule has 6 heteroatoms. The van der Waals surface area contributed by atoms with Crippen LogP contribution in [0, 0.1) is 6.92 Å². The van der Waals surface area contributed by atoms with Crippen LogP contribution in [0.15, 0.2) is 72.3 Å². The lowest BCUT2D eigenvalue weighted by molar-refractivity contribution is -0.140. The number of benzene rings is 3. The number of aryl methyl sites for hydroxylation is 1. The molecule has 1 fully saturated rings. The molecule has 3 aromatic rings. The summed E-state index contributed by atoms with van der Waals surface area (Å²) in [5, 5.41) is 11.6. The number of likely N-dealkylation sites (tertiary alicyclic amines) is 1. The van der Waals surface area contributed by atoms with Crippen molar-refractivity contribution in [2.45, 2.75) is 39.3 Å². The van der Waals surface area contributed by atoms with Crippen LogP contribution < -0.4 is 9.47 Å². The van der Waals surface area contributed by atoms with Gasteiger partial charge in [0, 0.05) is 12.1 Å². The quantitative estimate of drug-likeness (QED) is 0.262. The third-order valence-electron chi connectivity index (χ3n) is 6.60. The Kier molecular flexibility index (Phi) is 7.15. The molecule has 1 atom stereocenters. The number of Topliss-reactive ketones (excluding diaryl/α,β-unsaturated/α-hetero) is 1. The Morgan fingerprint density at radius 2 is 1.69 bits per heavy atom. The molecule has 0 spiro atoms. The number of ether oxygens (including phenoxy) is 2. The van der Waals surface area contributed by atoms with Gasteiger partial charge in [0.2, 0.25) is 0 Å². The van der Waals surface area contributed by atoms with Crippen molar-refractivity contribution in [1.82, 2.24) is 4.90 Å². The molecule has 0 saturated carbocycles. The van der Waals surface area contributed by atoms with E-state index in [9.17, 15) is 14.7 Å². The van der Waals surface area contributed by atoms with Crippen LogP contribution in [0.5, 0.6) is 11.5 Å². The van der Waals surface area contributed by atoms with Crippen LogP contribution >= 0.6 is 0 Å². The fourth-order valence-corrected chi connectivity index (χ4v) is 4.72. The molecule has 0 radical (unpaired) electrons. The highest BCUT2D eigenvalue weighted by atomic mass is 16.5. The molecule has 1 heterocycles. The van der Waals surface area contributed by atoms with Gasteiger partial charge in [0.05, 0.1) is 25.8 Å². The molecule has 186 valence electrons. The third kappa shape index (κ3) is 4.59. The lowest BCUT2D eigenvalue weighted by Gasteiger charge is -2.26. The molecule has 0 aromatic heterocycles. The molecule has 1 aliphatic heterocycles. The van der Waals surface area contributed by atoms with E-state index < -0.39 is 17.7 Å². The number of amides is 1. The number of aliphatic hydroxyl groups is 1. The summed E-state index contributed by atoms with van der Waals surface area (Å²) in [5.41, 5.74) is 3.82. The molecule has 1 saturated heterocycles. The van der Waals surface area contributed by atoms with Crippen molar-refractivity contribution in [3.05, 3.63) is 100 Å². The topological polar surface area (TPSA) is 76.1 Å². The molecule has 1 unspecified atom stereocenters. The van der Waals surface area contributed by atoms with E-state index in [1.807, 2.05) is 87.5 Å². The maximum Gasteiger partial charge on any atom is 0.295 e. The highest BCUT2D eigenvalue weighted by Gasteiger charge is 2.46. The van der Waals surface area contributed by atoms with Crippen molar-refractivity contribution < 1.29 is 24.2 Å². The molecule has 0 aliphatic carbocycles. The molecule has 1 aliphatic rings. The zero-order valence-corrected chi connectivity index (χ0v) is 21.2. The Morgan fingerprint density at radius 3 is 2.33 bits per heavy atom. The number of carbonyl (C=O) groups excluding carboxylic acids is 2. The van der Waals surface area contributed by atoms with E-state index in [-0.39, 0.29) is 23.8 Å². The van der Waals surface area contributed by atoms with E-state index in [1.54, 1.807) is 14.2 Å². The first-order valence-electron chi connectivity index (χ1n) is 11.9. The number of nitrogens with zero attached hydrogens (tertiary/aromatic N) is 1. The zero-order valence-electron chi connectivity index (χ0n) is 21.2. The Balaban J connectivity index is 1.89. The summed E-state index contributed by atoms with van der Waals surface area (Å²) in [6.45, 7) is 6.12. The van der Waals surface area contributed by atoms with E-state index in [4.69, 9.17) is 9.47 Å². The molecule has 36 heavy (non-hydrogen) atoms. The summed E-state index contributed by atoms with van der Waals surface area (Å²) in [5.74, 6) is -0.0218. The number of hydrogen-bond donors (Lipinski definition) is 1. The van der Waals surface area contributed by atoms with Crippen LogP contribution in [0.2, 0.25) is 0 Å². The van der Waals surface area contributed by atoms with Crippen LogP contribution in [0.3, 0.4) is 0 Å². The summed E-state index contributed by atoms with van der Waals surface area (Å²) in [6, 6.07) is 19.7. The normalized spacial score (nSPS) is 17.1. The van der Waals surface area contributed by atoms with Gasteiger partial charge in [-0.25, -0.2) is 0 Å². The van der Waals surface area contributed by atoms with Gasteiger partial charge in [0.1, 0.15) is 17.3 Å². The van der Waals surface area contributed by atoms with Crippen molar-refractivity contribution in [3.63, 3.8) is 0 Å². The summed E-state index contributed by atoms with van der Waals surface area (Å²) >= 11 is 0. The van der Waals surface area contributed by atoms with E-state index in [0.29, 0.717) is 11.3 Å². The van der Waals surface area contributed by atoms with Gasteiger partial charge in [0.15, 0.2) is 0 Å². The van der Waals surface area contributed by atoms with Crippen molar-refractivity contribution in [2.24, 2.45) is 0 Å². The molecule has 1 amide bonds.